The Morgan fingerprint density at radius 1 is 1.25 bits per heavy atom. The number of anilines is 1. The lowest BCUT2D eigenvalue weighted by Crippen LogP contribution is -2.40. The van der Waals surface area contributed by atoms with Crippen LogP contribution in [-0.2, 0) is 22.6 Å². The van der Waals surface area contributed by atoms with Gasteiger partial charge in [0.25, 0.3) is 0 Å². The van der Waals surface area contributed by atoms with Crippen LogP contribution in [0.2, 0.25) is 0 Å². The highest BCUT2D eigenvalue weighted by Crippen LogP contribution is 2.33. The van der Waals surface area contributed by atoms with Gasteiger partial charge in [-0.05, 0) is 51.5 Å². The molecule has 0 aliphatic carbocycles. The lowest BCUT2D eigenvalue weighted by atomic mass is 10.0. The third kappa shape index (κ3) is 2.78. The van der Waals surface area contributed by atoms with Crippen molar-refractivity contribution in [2.45, 2.75) is 19.4 Å². The molecule has 24 heavy (non-hydrogen) atoms. The van der Waals surface area contributed by atoms with Crippen LogP contribution in [0.4, 0.5) is 5.69 Å². The lowest BCUT2D eigenvalue weighted by molar-refractivity contribution is -0.136. The molecule has 0 radical (unpaired) electrons. The number of carbonyl (C=O) groups excluding carboxylic acids is 2. The van der Waals surface area contributed by atoms with E-state index >= 15 is 0 Å². The second kappa shape index (κ2) is 6.33. The molecule has 1 saturated heterocycles. The SMILES string of the molecule is O=C(C1CC(=O)N(c2ccccc2Br)C1)N1CCc2sccc2C1. The molecule has 124 valence electrons. The molecule has 2 aliphatic heterocycles. The van der Waals surface area contributed by atoms with Crippen molar-refractivity contribution in [3.05, 3.63) is 50.6 Å². The van der Waals surface area contributed by atoms with Crippen molar-refractivity contribution >= 4 is 44.8 Å². The summed E-state index contributed by atoms with van der Waals surface area (Å²) in [5, 5.41) is 2.09. The first-order valence-electron chi connectivity index (χ1n) is 8.02. The zero-order valence-electron chi connectivity index (χ0n) is 13.1. The van der Waals surface area contributed by atoms with E-state index in [1.165, 1.54) is 10.4 Å². The second-order valence-corrected chi connectivity index (χ2v) is 8.09. The van der Waals surface area contributed by atoms with Gasteiger partial charge in [-0.2, -0.15) is 0 Å². The minimum atomic E-state index is -0.246. The molecule has 1 atom stereocenters. The zero-order chi connectivity index (χ0) is 16.7. The van der Waals surface area contributed by atoms with Crippen molar-refractivity contribution in [2.75, 3.05) is 18.0 Å². The summed E-state index contributed by atoms with van der Waals surface area (Å²) in [5.41, 5.74) is 2.10. The Morgan fingerprint density at radius 3 is 2.92 bits per heavy atom. The molecule has 0 N–H and O–H groups in total. The fraction of sp³-hybridized carbons (Fsp3) is 0.333. The molecule has 4 nitrogen and oxygen atoms in total. The summed E-state index contributed by atoms with van der Waals surface area (Å²) in [6.07, 6.45) is 1.22. The van der Waals surface area contributed by atoms with Gasteiger partial charge in [0.05, 0.1) is 11.6 Å². The topological polar surface area (TPSA) is 40.6 Å². The molecule has 2 amide bonds. The predicted molar refractivity (Wildman–Crippen MR) is 98.0 cm³/mol. The standard InChI is InChI=1S/C18H17BrN2O2S/c19-14-3-1-2-4-15(14)21-11-13(9-17(21)22)18(23)20-7-5-16-12(10-20)6-8-24-16/h1-4,6,8,13H,5,7,9-11H2. The van der Waals surface area contributed by atoms with E-state index in [0.29, 0.717) is 19.5 Å². The number of nitrogens with zero attached hydrogens (tertiary/aromatic N) is 2. The maximum Gasteiger partial charge on any atom is 0.228 e. The van der Waals surface area contributed by atoms with Gasteiger partial charge in [-0.1, -0.05) is 12.1 Å². The highest BCUT2D eigenvalue weighted by Gasteiger charge is 2.38. The average molecular weight is 405 g/mol. The Labute approximate surface area is 153 Å². The second-order valence-electron chi connectivity index (χ2n) is 6.24. The largest absolute Gasteiger partial charge is 0.338 e. The number of fused-ring (bicyclic) bond motifs is 1. The Bertz CT molecular complexity index is 804. The van der Waals surface area contributed by atoms with Crippen LogP contribution in [0.1, 0.15) is 16.9 Å². The molecule has 6 heteroatoms. The van der Waals surface area contributed by atoms with E-state index in [4.69, 9.17) is 0 Å². The van der Waals surface area contributed by atoms with Gasteiger partial charge >= 0.3 is 0 Å². The number of hydrogen-bond acceptors (Lipinski definition) is 3. The average Bonchev–Trinajstić information content (AvgIpc) is 3.20. The van der Waals surface area contributed by atoms with E-state index < -0.39 is 0 Å². The highest BCUT2D eigenvalue weighted by atomic mass is 79.9. The van der Waals surface area contributed by atoms with Crippen LogP contribution >= 0.6 is 27.3 Å². The van der Waals surface area contributed by atoms with E-state index in [-0.39, 0.29) is 17.7 Å². The molecule has 0 saturated carbocycles. The monoisotopic (exact) mass is 404 g/mol. The summed E-state index contributed by atoms with van der Waals surface area (Å²) < 4.78 is 0.882. The van der Waals surface area contributed by atoms with Crippen molar-refractivity contribution in [3.8, 4) is 0 Å². The van der Waals surface area contributed by atoms with Crippen LogP contribution in [0.3, 0.4) is 0 Å². The Kier molecular flexibility index (Phi) is 4.18. The van der Waals surface area contributed by atoms with Gasteiger partial charge < -0.3 is 9.80 Å². The minimum Gasteiger partial charge on any atom is -0.338 e. The number of para-hydroxylation sites is 1. The van der Waals surface area contributed by atoms with Crippen LogP contribution < -0.4 is 4.90 Å². The molecular formula is C18H17BrN2O2S. The van der Waals surface area contributed by atoms with Gasteiger partial charge in [0.2, 0.25) is 11.8 Å². The summed E-state index contributed by atoms with van der Waals surface area (Å²) in [5.74, 6) is -0.118. The highest BCUT2D eigenvalue weighted by molar-refractivity contribution is 9.10. The number of rotatable bonds is 2. The number of benzene rings is 1. The summed E-state index contributed by atoms with van der Waals surface area (Å²) in [7, 11) is 0. The van der Waals surface area contributed by atoms with Gasteiger partial charge in [0.1, 0.15) is 0 Å². The summed E-state index contributed by atoms with van der Waals surface area (Å²) in [6, 6.07) is 9.76. The van der Waals surface area contributed by atoms with Gasteiger partial charge in [0.15, 0.2) is 0 Å². The fourth-order valence-electron chi connectivity index (χ4n) is 3.47. The van der Waals surface area contributed by atoms with Crippen molar-refractivity contribution in [2.24, 2.45) is 5.92 Å². The third-order valence-electron chi connectivity index (χ3n) is 4.74. The van der Waals surface area contributed by atoms with E-state index in [0.717, 1.165) is 23.1 Å². The first-order chi connectivity index (χ1) is 11.6. The number of thiophene rings is 1. The normalized spacial score (nSPS) is 20.4. The van der Waals surface area contributed by atoms with Crippen LogP contribution in [-0.4, -0.2) is 29.8 Å². The maximum atomic E-state index is 12.9. The van der Waals surface area contributed by atoms with Crippen LogP contribution in [0.15, 0.2) is 40.2 Å². The van der Waals surface area contributed by atoms with Crippen molar-refractivity contribution < 1.29 is 9.59 Å². The van der Waals surface area contributed by atoms with Crippen LogP contribution in [0.25, 0.3) is 0 Å². The molecular weight excluding hydrogens is 388 g/mol. The first-order valence-corrected chi connectivity index (χ1v) is 9.69. The quantitative estimate of drug-likeness (QED) is 0.768. The molecule has 0 bridgehead atoms. The third-order valence-corrected chi connectivity index (χ3v) is 6.43. The van der Waals surface area contributed by atoms with Crippen LogP contribution in [0.5, 0.6) is 0 Å². The van der Waals surface area contributed by atoms with E-state index in [2.05, 4.69) is 27.4 Å². The number of amides is 2. The summed E-state index contributed by atoms with van der Waals surface area (Å²) >= 11 is 5.26. The lowest BCUT2D eigenvalue weighted by Gasteiger charge is -2.29. The molecule has 2 aliphatic rings. The molecule has 2 aromatic rings. The van der Waals surface area contributed by atoms with Gasteiger partial charge in [-0.3, -0.25) is 9.59 Å². The van der Waals surface area contributed by atoms with Crippen LogP contribution in [0, 0.1) is 5.92 Å². The number of halogens is 1. The molecule has 1 fully saturated rings. The van der Waals surface area contributed by atoms with Gasteiger partial charge in [-0.25, -0.2) is 0 Å². The predicted octanol–water partition coefficient (Wildman–Crippen LogP) is 3.45. The van der Waals surface area contributed by atoms with Gasteiger partial charge in [0, 0.05) is 35.4 Å². The minimum absolute atomic E-state index is 0.0217. The molecule has 1 aromatic heterocycles. The Balaban J connectivity index is 1.49. The van der Waals surface area contributed by atoms with Crippen molar-refractivity contribution in [1.82, 2.24) is 4.90 Å². The summed E-state index contributed by atoms with van der Waals surface area (Å²) in [4.78, 5) is 30.3. The Morgan fingerprint density at radius 2 is 2.08 bits per heavy atom. The molecule has 0 spiro atoms. The first kappa shape index (κ1) is 15.8. The smallest absolute Gasteiger partial charge is 0.228 e. The van der Waals surface area contributed by atoms with E-state index in [9.17, 15) is 9.59 Å². The molecule has 1 unspecified atom stereocenters. The summed E-state index contributed by atoms with van der Waals surface area (Å²) in [6.45, 7) is 1.90. The zero-order valence-corrected chi connectivity index (χ0v) is 15.5. The molecule has 3 heterocycles. The van der Waals surface area contributed by atoms with Gasteiger partial charge in [-0.15, -0.1) is 11.3 Å². The van der Waals surface area contributed by atoms with Crippen molar-refractivity contribution in [1.29, 1.82) is 0 Å². The Hall–Kier alpha value is -1.66. The molecule has 4 rings (SSSR count). The molecule has 1 aromatic carbocycles. The number of carbonyl (C=O) groups is 2. The maximum absolute atomic E-state index is 12.9. The number of hydrogen-bond donors (Lipinski definition) is 0. The van der Waals surface area contributed by atoms with Crippen molar-refractivity contribution in [3.63, 3.8) is 0 Å². The fourth-order valence-corrected chi connectivity index (χ4v) is 4.86. The van der Waals surface area contributed by atoms with E-state index in [1.54, 1.807) is 16.2 Å². The van der Waals surface area contributed by atoms with E-state index in [1.807, 2.05) is 29.2 Å².